The lowest BCUT2D eigenvalue weighted by atomic mass is 10.2. The molecular formula is C11H6FN3O. The molecule has 78 valence electrons. The summed E-state index contributed by atoms with van der Waals surface area (Å²) in [6.45, 7) is 0. The molecule has 1 N–H and O–H groups in total. The first kappa shape index (κ1) is 10.1. The number of rotatable bonds is 1. The Labute approximate surface area is 90.0 Å². The summed E-state index contributed by atoms with van der Waals surface area (Å²) in [6, 6.07) is 7.42. The molecule has 0 bridgehead atoms. The van der Waals surface area contributed by atoms with E-state index in [4.69, 9.17) is 5.26 Å². The van der Waals surface area contributed by atoms with Crippen molar-refractivity contribution in [2.75, 3.05) is 0 Å². The minimum atomic E-state index is -0.480. The maximum absolute atomic E-state index is 12.6. The fourth-order valence-corrected chi connectivity index (χ4v) is 1.25. The number of nitriles is 1. The minimum Gasteiger partial charge on any atom is -0.319 e. The smallest absolute Gasteiger partial charge is 0.266 e. The SMILES string of the molecule is N#Cc1ccc(-c2ccc(F)cn2)[nH]c1=O. The van der Waals surface area contributed by atoms with Crippen LogP contribution >= 0.6 is 0 Å². The van der Waals surface area contributed by atoms with Gasteiger partial charge in [-0.15, -0.1) is 0 Å². The first-order valence-electron chi connectivity index (χ1n) is 4.46. The Bertz CT molecular complexity index is 610. The highest BCUT2D eigenvalue weighted by Gasteiger charge is 2.03. The molecule has 5 heteroatoms. The number of hydrogen-bond acceptors (Lipinski definition) is 3. The second-order valence-electron chi connectivity index (χ2n) is 3.09. The summed E-state index contributed by atoms with van der Waals surface area (Å²) in [5, 5.41) is 8.58. The fourth-order valence-electron chi connectivity index (χ4n) is 1.25. The summed E-state index contributed by atoms with van der Waals surface area (Å²) in [7, 11) is 0. The summed E-state index contributed by atoms with van der Waals surface area (Å²) in [5.41, 5.74) is 0.448. The molecule has 0 aliphatic rings. The summed E-state index contributed by atoms with van der Waals surface area (Å²) in [5.74, 6) is -0.445. The summed E-state index contributed by atoms with van der Waals surface area (Å²) < 4.78 is 12.6. The van der Waals surface area contributed by atoms with Crippen molar-refractivity contribution in [1.82, 2.24) is 9.97 Å². The van der Waals surface area contributed by atoms with Gasteiger partial charge in [0.2, 0.25) is 0 Å². The molecule has 0 amide bonds. The van der Waals surface area contributed by atoms with Crippen molar-refractivity contribution in [3.63, 3.8) is 0 Å². The van der Waals surface area contributed by atoms with Crippen molar-refractivity contribution in [3.05, 3.63) is 52.2 Å². The van der Waals surface area contributed by atoms with Crippen LogP contribution in [-0.4, -0.2) is 9.97 Å². The number of aromatic nitrogens is 2. The Morgan fingerprint density at radius 2 is 2.12 bits per heavy atom. The molecule has 2 aromatic heterocycles. The van der Waals surface area contributed by atoms with Gasteiger partial charge in [-0.05, 0) is 24.3 Å². The molecule has 16 heavy (non-hydrogen) atoms. The molecule has 0 saturated carbocycles. The summed E-state index contributed by atoms with van der Waals surface area (Å²) in [6.07, 6.45) is 1.06. The lowest BCUT2D eigenvalue weighted by molar-refractivity contribution is 0.622. The van der Waals surface area contributed by atoms with E-state index in [-0.39, 0.29) is 5.56 Å². The molecule has 2 aromatic rings. The molecule has 0 aliphatic heterocycles. The highest BCUT2D eigenvalue weighted by molar-refractivity contribution is 5.54. The van der Waals surface area contributed by atoms with Gasteiger partial charge in [0.05, 0.1) is 17.6 Å². The quantitative estimate of drug-likeness (QED) is 0.782. The van der Waals surface area contributed by atoms with Gasteiger partial charge in [0.15, 0.2) is 0 Å². The predicted octanol–water partition coefficient (Wildman–Crippen LogP) is 1.45. The third kappa shape index (κ3) is 1.81. The molecule has 0 saturated heterocycles. The van der Waals surface area contributed by atoms with E-state index in [1.165, 1.54) is 18.2 Å². The zero-order valence-electron chi connectivity index (χ0n) is 8.07. The largest absolute Gasteiger partial charge is 0.319 e. The van der Waals surface area contributed by atoms with Crippen molar-refractivity contribution in [1.29, 1.82) is 5.26 Å². The fraction of sp³-hybridized carbons (Fsp3) is 0. The Hall–Kier alpha value is -2.48. The number of H-pyrrole nitrogens is 1. The van der Waals surface area contributed by atoms with Crippen molar-refractivity contribution < 1.29 is 4.39 Å². The topological polar surface area (TPSA) is 69.5 Å². The van der Waals surface area contributed by atoms with Crippen molar-refractivity contribution in [3.8, 4) is 17.5 Å². The predicted molar refractivity (Wildman–Crippen MR) is 55.0 cm³/mol. The lowest BCUT2D eigenvalue weighted by Crippen LogP contribution is -2.10. The first-order valence-corrected chi connectivity index (χ1v) is 4.46. The highest BCUT2D eigenvalue weighted by Crippen LogP contribution is 2.12. The van der Waals surface area contributed by atoms with E-state index in [0.717, 1.165) is 6.20 Å². The maximum Gasteiger partial charge on any atom is 0.266 e. The number of halogens is 1. The number of aromatic amines is 1. The Balaban J connectivity index is 2.50. The molecule has 0 atom stereocenters. The van der Waals surface area contributed by atoms with Gasteiger partial charge >= 0.3 is 0 Å². The normalized spacial score (nSPS) is 9.75. The van der Waals surface area contributed by atoms with Crippen molar-refractivity contribution in [2.45, 2.75) is 0 Å². The van der Waals surface area contributed by atoms with Gasteiger partial charge in [0.1, 0.15) is 17.4 Å². The zero-order valence-corrected chi connectivity index (χ0v) is 8.07. The maximum atomic E-state index is 12.6. The zero-order chi connectivity index (χ0) is 11.5. The van der Waals surface area contributed by atoms with E-state index < -0.39 is 11.4 Å². The lowest BCUT2D eigenvalue weighted by Gasteiger charge is -1.99. The van der Waals surface area contributed by atoms with Gasteiger partial charge in [-0.25, -0.2) is 4.39 Å². The summed E-state index contributed by atoms with van der Waals surface area (Å²) >= 11 is 0. The van der Waals surface area contributed by atoms with E-state index in [1.807, 2.05) is 0 Å². The monoisotopic (exact) mass is 215 g/mol. The number of pyridine rings is 2. The first-order chi connectivity index (χ1) is 7.70. The molecule has 0 radical (unpaired) electrons. The van der Waals surface area contributed by atoms with Crippen LogP contribution in [0.5, 0.6) is 0 Å². The van der Waals surface area contributed by atoms with E-state index in [1.54, 1.807) is 12.1 Å². The van der Waals surface area contributed by atoms with Crippen molar-refractivity contribution >= 4 is 0 Å². The van der Waals surface area contributed by atoms with E-state index in [9.17, 15) is 9.18 Å². The molecule has 0 aliphatic carbocycles. The van der Waals surface area contributed by atoms with Gasteiger partial charge in [0, 0.05) is 0 Å². The Kier molecular flexibility index (Phi) is 2.48. The van der Waals surface area contributed by atoms with Crippen LogP contribution in [-0.2, 0) is 0 Å². The average molecular weight is 215 g/mol. The molecule has 0 aromatic carbocycles. The van der Waals surface area contributed by atoms with Crippen LogP contribution < -0.4 is 5.56 Å². The van der Waals surface area contributed by atoms with Gasteiger partial charge in [-0.3, -0.25) is 9.78 Å². The van der Waals surface area contributed by atoms with Crippen LogP contribution in [0.3, 0.4) is 0 Å². The second kappa shape index (κ2) is 3.95. The number of nitrogens with zero attached hydrogens (tertiary/aromatic N) is 2. The number of hydrogen-bond donors (Lipinski definition) is 1. The van der Waals surface area contributed by atoms with E-state index in [0.29, 0.717) is 11.4 Å². The van der Waals surface area contributed by atoms with E-state index in [2.05, 4.69) is 9.97 Å². The second-order valence-corrected chi connectivity index (χ2v) is 3.09. The van der Waals surface area contributed by atoms with Gasteiger partial charge in [-0.1, -0.05) is 0 Å². The number of nitrogens with one attached hydrogen (secondary N) is 1. The molecule has 0 spiro atoms. The summed E-state index contributed by atoms with van der Waals surface area (Å²) in [4.78, 5) is 17.6. The van der Waals surface area contributed by atoms with Crippen LogP contribution in [0.1, 0.15) is 5.56 Å². The highest BCUT2D eigenvalue weighted by atomic mass is 19.1. The van der Waals surface area contributed by atoms with Crippen LogP contribution in [0.4, 0.5) is 4.39 Å². The molecular weight excluding hydrogens is 209 g/mol. The Morgan fingerprint density at radius 3 is 2.69 bits per heavy atom. The van der Waals surface area contributed by atoms with Gasteiger partial charge < -0.3 is 4.98 Å². The van der Waals surface area contributed by atoms with Gasteiger partial charge in [0.25, 0.3) is 5.56 Å². The third-order valence-electron chi connectivity index (χ3n) is 2.03. The minimum absolute atomic E-state index is 0.0332. The Morgan fingerprint density at radius 1 is 1.31 bits per heavy atom. The van der Waals surface area contributed by atoms with Crippen LogP contribution in [0.25, 0.3) is 11.4 Å². The van der Waals surface area contributed by atoms with Crippen LogP contribution in [0, 0.1) is 17.1 Å². The van der Waals surface area contributed by atoms with Gasteiger partial charge in [-0.2, -0.15) is 5.26 Å². The molecule has 2 rings (SSSR count). The van der Waals surface area contributed by atoms with E-state index >= 15 is 0 Å². The molecule has 0 fully saturated rings. The molecule has 4 nitrogen and oxygen atoms in total. The standard InChI is InChI=1S/C11H6FN3O/c12-8-2-4-9(14-6-8)10-3-1-7(5-13)11(16)15-10/h1-4,6H,(H,15,16). The van der Waals surface area contributed by atoms with Crippen molar-refractivity contribution in [2.24, 2.45) is 0 Å². The van der Waals surface area contributed by atoms with Crippen LogP contribution in [0.15, 0.2) is 35.3 Å². The average Bonchev–Trinajstić information content (AvgIpc) is 2.30. The molecule has 2 heterocycles. The molecule has 0 unspecified atom stereocenters. The third-order valence-corrected chi connectivity index (χ3v) is 2.03. The van der Waals surface area contributed by atoms with Crippen LogP contribution in [0.2, 0.25) is 0 Å².